The Labute approximate surface area is 114 Å². The highest BCUT2D eigenvalue weighted by atomic mass is 15.1. The van der Waals surface area contributed by atoms with Gasteiger partial charge in [-0.1, -0.05) is 27.2 Å². The Morgan fingerprint density at radius 3 is 2.33 bits per heavy atom. The highest BCUT2D eigenvalue weighted by molar-refractivity contribution is 4.81. The summed E-state index contributed by atoms with van der Waals surface area (Å²) in [4.78, 5) is 2.69. The van der Waals surface area contributed by atoms with E-state index in [1.54, 1.807) is 0 Å². The number of piperidine rings is 2. The number of nitrogens with one attached hydrogen (secondary N) is 1. The van der Waals surface area contributed by atoms with Crippen LogP contribution in [0, 0.1) is 11.3 Å². The molecule has 1 atom stereocenters. The third-order valence-corrected chi connectivity index (χ3v) is 5.02. The number of hydrogen-bond acceptors (Lipinski definition) is 2. The summed E-state index contributed by atoms with van der Waals surface area (Å²) in [5.41, 5.74) is 0.511. The van der Waals surface area contributed by atoms with E-state index in [4.69, 9.17) is 0 Å². The van der Waals surface area contributed by atoms with Crippen LogP contribution in [0.5, 0.6) is 0 Å². The zero-order valence-corrected chi connectivity index (χ0v) is 12.7. The van der Waals surface area contributed by atoms with Gasteiger partial charge in [0, 0.05) is 6.04 Å². The van der Waals surface area contributed by atoms with E-state index in [0.29, 0.717) is 5.41 Å². The van der Waals surface area contributed by atoms with Gasteiger partial charge in [0.15, 0.2) is 0 Å². The first kappa shape index (κ1) is 14.3. The molecule has 0 amide bonds. The number of likely N-dealkylation sites (tertiary alicyclic amines) is 1. The molecule has 0 bridgehead atoms. The van der Waals surface area contributed by atoms with E-state index in [1.807, 2.05) is 0 Å². The van der Waals surface area contributed by atoms with Crippen molar-refractivity contribution in [1.29, 1.82) is 0 Å². The van der Waals surface area contributed by atoms with Crippen molar-refractivity contribution in [3.8, 4) is 0 Å². The van der Waals surface area contributed by atoms with Crippen LogP contribution in [0.1, 0.15) is 59.3 Å². The first-order valence-corrected chi connectivity index (χ1v) is 8.01. The zero-order chi connectivity index (χ0) is 13.0. The van der Waals surface area contributed by atoms with Gasteiger partial charge in [0.05, 0.1) is 0 Å². The number of rotatable bonds is 3. The van der Waals surface area contributed by atoms with E-state index in [1.165, 1.54) is 64.7 Å². The maximum Gasteiger partial charge on any atom is 0.00792 e. The van der Waals surface area contributed by atoms with Crippen molar-refractivity contribution in [2.24, 2.45) is 11.3 Å². The van der Waals surface area contributed by atoms with Gasteiger partial charge in [-0.3, -0.25) is 0 Å². The molecule has 2 saturated heterocycles. The number of hydrogen-bond donors (Lipinski definition) is 1. The molecule has 2 rings (SSSR count). The maximum absolute atomic E-state index is 3.67. The lowest BCUT2D eigenvalue weighted by atomic mass is 9.75. The standard InChI is InChI=1S/C16H32N2/c1-16(2,3)14-7-11-18(12-8-14)13-9-15-6-4-5-10-17-15/h14-15,17H,4-13H2,1-3H3. The van der Waals surface area contributed by atoms with E-state index < -0.39 is 0 Å². The Morgan fingerprint density at radius 2 is 1.78 bits per heavy atom. The van der Waals surface area contributed by atoms with Gasteiger partial charge in [-0.05, 0) is 69.6 Å². The fourth-order valence-corrected chi connectivity index (χ4v) is 3.53. The fourth-order valence-electron chi connectivity index (χ4n) is 3.53. The Balaban J connectivity index is 1.64. The lowest BCUT2D eigenvalue weighted by Crippen LogP contribution is -2.41. The Kier molecular flexibility index (Phi) is 5.08. The third kappa shape index (κ3) is 4.24. The van der Waals surface area contributed by atoms with Crippen molar-refractivity contribution in [3.05, 3.63) is 0 Å². The summed E-state index contributed by atoms with van der Waals surface area (Å²) in [5, 5.41) is 3.67. The first-order chi connectivity index (χ1) is 8.55. The second kappa shape index (κ2) is 6.38. The minimum Gasteiger partial charge on any atom is -0.314 e. The quantitative estimate of drug-likeness (QED) is 0.829. The molecule has 2 heteroatoms. The molecule has 0 aromatic rings. The van der Waals surface area contributed by atoms with Crippen LogP contribution in [0.25, 0.3) is 0 Å². The summed E-state index contributed by atoms with van der Waals surface area (Å²) in [6.07, 6.45) is 8.39. The predicted octanol–water partition coefficient (Wildman–Crippen LogP) is 3.28. The van der Waals surface area contributed by atoms with E-state index in [9.17, 15) is 0 Å². The molecule has 1 unspecified atom stereocenters. The highest BCUT2D eigenvalue weighted by Crippen LogP contribution is 2.34. The van der Waals surface area contributed by atoms with Gasteiger partial charge in [0.1, 0.15) is 0 Å². The van der Waals surface area contributed by atoms with Crippen LogP contribution in [-0.4, -0.2) is 37.1 Å². The van der Waals surface area contributed by atoms with Gasteiger partial charge >= 0.3 is 0 Å². The van der Waals surface area contributed by atoms with E-state index in [2.05, 4.69) is 31.0 Å². The van der Waals surface area contributed by atoms with Gasteiger partial charge in [-0.15, -0.1) is 0 Å². The van der Waals surface area contributed by atoms with Gasteiger partial charge in [-0.2, -0.15) is 0 Å². The molecule has 0 saturated carbocycles. The number of nitrogens with zero attached hydrogens (tertiary/aromatic N) is 1. The molecule has 2 aliphatic heterocycles. The van der Waals surface area contributed by atoms with E-state index in [-0.39, 0.29) is 0 Å². The summed E-state index contributed by atoms with van der Waals surface area (Å²) in [7, 11) is 0. The monoisotopic (exact) mass is 252 g/mol. The average molecular weight is 252 g/mol. The van der Waals surface area contributed by atoms with Crippen molar-refractivity contribution in [2.45, 2.75) is 65.3 Å². The van der Waals surface area contributed by atoms with Gasteiger partial charge < -0.3 is 10.2 Å². The minimum absolute atomic E-state index is 0.511. The van der Waals surface area contributed by atoms with Crippen LogP contribution < -0.4 is 5.32 Å². The van der Waals surface area contributed by atoms with Crippen LogP contribution in [0.3, 0.4) is 0 Å². The molecular weight excluding hydrogens is 220 g/mol. The van der Waals surface area contributed by atoms with Gasteiger partial charge in [-0.25, -0.2) is 0 Å². The summed E-state index contributed by atoms with van der Waals surface area (Å²) < 4.78 is 0. The predicted molar refractivity (Wildman–Crippen MR) is 78.9 cm³/mol. The van der Waals surface area contributed by atoms with Gasteiger partial charge in [0.2, 0.25) is 0 Å². The Bertz CT molecular complexity index is 230. The van der Waals surface area contributed by atoms with Crippen molar-refractivity contribution in [3.63, 3.8) is 0 Å². The molecule has 0 aromatic heterocycles. The van der Waals surface area contributed by atoms with Crippen molar-refractivity contribution < 1.29 is 0 Å². The molecule has 0 spiro atoms. The van der Waals surface area contributed by atoms with Crippen LogP contribution in [-0.2, 0) is 0 Å². The summed E-state index contributed by atoms with van der Waals surface area (Å²) in [6, 6.07) is 0.805. The summed E-state index contributed by atoms with van der Waals surface area (Å²) in [5.74, 6) is 0.932. The molecule has 106 valence electrons. The lowest BCUT2D eigenvalue weighted by Gasteiger charge is -2.39. The largest absolute Gasteiger partial charge is 0.314 e. The Hall–Kier alpha value is -0.0800. The molecule has 2 heterocycles. The minimum atomic E-state index is 0.511. The SMILES string of the molecule is CC(C)(C)C1CCN(CCC2CCCCN2)CC1. The fraction of sp³-hybridized carbons (Fsp3) is 1.00. The second-order valence-electron chi connectivity index (χ2n) is 7.42. The molecular formula is C16H32N2. The smallest absolute Gasteiger partial charge is 0.00792 e. The summed E-state index contributed by atoms with van der Waals surface area (Å²) in [6.45, 7) is 12.4. The maximum atomic E-state index is 3.67. The molecule has 2 aliphatic rings. The third-order valence-electron chi connectivity index (χ3n) is 5.02. The van der Waals surface area contributed by atoms with Crippen LogP contribution in [0.15, 0.2) is 0 Å². The second-order valence-corrected chi connectivity index (χ2v) is 7.42. The molecule has 0 aromatic carbocycles. The lowest BCUT2D eigenvalue weighted by molar-refractivity contribution is 0.108. The van der Waals surface area contributed by atoms with E-state index in [0.717, 1.165) is 12.0 Å². The highest BCUT2D eigenvalue weighted by Gasteiger charge is 2.28. The van der Waals surface area contributed by atoms with Crippen LogP contribution in [0.2, 0.25) is 0 Å². The average Bonchev–Trinajstić information content (AvgIpc) is 2.37. The molecule has 0 aliphatic carbocycles. The zero-order valence-electron chi connectivity index (χ0n) is 12.7. The first-order valence-electron chi connectivity index (χ1n) is 8.01. The normalized spacial score (nSPS) is 28.5. The van der Waals surface area contributed by atoms with Crippen LogP contribution >= 0.6 is 0 Å². The van der Waals surface area contributed by atoms with Crippen molar-refractivity contribution >= 4 is 0 Å². The van der Waals surface area contributed by atoms with Crippen molar-refractivity contribution in [1.82, 2.24) is 10.2 Å². The molecule has 0 radical (unpaired) electrons. The van der Waals surface area contributed by atoms with Gasteiger partial charge in [0.25, 0.3) is 0 Å². The molecule has 1 N–H and O–H groups in total. The van der Waals surface area contributed by atoms with E-state index >= 15 is 0 Å². The molecule has 2 nitrogen and oxygen atoms in total. The van der Waals surface area contributed by atoms with Crippen molar-refractivity contribution in [2.75, 3.05) is 26.2 Å². The molecule has 18 heavy (non-hydrogen) atoms. The van der Waals surface area contributed by atoms with Crippen LogP contribution in [0.4, 0.5) is 0 Å². The summed E-state index contributed by atoms with van der Waals surface area (Å²) >= 11 is 0. The Morgan fingerprint density at radius 1 is 1.06 bits per heavy atom. The topological polar surface area (TPSA) is 15.3 Å². The molecule has 2 fully saturated rings.